The Morgan fingerprint density at radius 3 is 2.84 bits per heavy atom. The molecule has 0 fully saturated rings. The van der Waals surface area contributed by atoms with E-state index in [4.69, 9.17) is 4.74 Å². The lowest BCUT2D eigenvalue weighted by atomic mass is 10.2. The van der Waals surface area contributed by atoms with E-state index in [1.54, 1.807) is 7.11 Å². The van der Waals surface area contributed by atoms with Crippen molar-refractivity contribution in [2.75, 3.05) is 20.7 Å². The summed E-state index contributed by atoms with van der Waals surface area (Å²) in [7, 11) is 3.83. The number of methoxy groups -OCH3 is 1. The van der Waals surface area contributed by atoms with E-state index >= 15 is 0 Å². The summed E-state index contributed by atoms with van der Waals surface area (Å²) < 4.78 is 8.65. The van der Waals surface area contributed by atoms with Crippen molar-refractivity contribution in [3.8, 4) is 17.1 Å². The van der Waals surface area contributed by atoms with Crippen LogP contribution in [-0.2, 0) is 13.1 Å². The summed E-state index contributed by atoms with van der Waals surface area (Å²) in [6, 6.07) is 8.02. The molecule has 0 N–H and O–H groups in total. The van der Waals surface area contributed by atoms with Gasteiger partial charge >= 0.3 is 0 Å². The molecule has 1 aliphatic heterocycles. The Morgan fingerprint density at radius 1 is 1.26 bits per heavy atom. The van der Waals surface area contributed by atoms with Crippen LogP contribution in [-0.4, -0.2) is 35.2 Å². The highest BCUT2D eigenvalue weighted by molar-refractivity contribution is 9.10. The number of halogens is 1. The molecule has 0 saturated carbocycles. The molecule has 1 aromatic heterocycles. The molecule has 19 heavy (non-hydrogen) atoms. The number of nitrogens with zero attached hydrogens (tertiary/aromatic N) is 3. The van der Waals surface area contributed by atoms with Gasteiger partial charge in [-0.1, -0.05) is 12.1 Å². The fraction of sp³-hybridized carbons (Fsp3) is 0.357. The second kappa shape index (κ2) is 4.98. The fourth-order valence-corrected chi connectivity index (χ4v) is 3.00. The minimum absolute atomic E-state index is 0.863. The Hall–Kier alpha value is -1.33. The Bertz CT molecular complexity index is 609. The Balaban J connectivity index is 2.14. The van der Waals surface area contributed by atoms with Gasteiger partial charge in [0.05, 0.1) is 18.4 Å². The lowest BCUT2D eigenvalue weighted by Gasteiger charge is -2.25. The van der Waals surface area contributed by atoms with Gasteiger partial charge in [0.15, 0.2) is 0 Å². The van der Waals surface area contributed by atoms with Crippen molar-refractivity contribution in [3.63, 3.8) is 0 Å². The lowest BCUT2D eigenvalue weighted by molar-refractivity contribution is 0.270. The number of para-hydroxylation sites is 1. The van der Waals surface area contributed by atoms with E-state index in [1.165, 1.54) is 5.69 Å². The van der Waals surface area contributed by atoms with E-state index in [0.717, 1.165) is 41.4 Å². The zero-order chi connectivity index (χ0) is 13.4. The first-order valence-corrected chi connectivity index (χ1v) is 7.07. The molecule has 0 bridgehead atoms. The first-order valence-electron chi connectivity index (χ1n) is 6.27. The molecule has 1 aliphatic rings. The van der Waals surface area contributed by atoms with Crippen LogP contribution in [0.1, 0.15) is 5.69 Å². The lowest BCUT2D eigenvalue weighted by Crippen LogP contribution is -2.30. The zero-order valence-electron chi connectivity index (χ0n) is 11.1. The van der Waals surface area contributed by atoms with Crippen molar-refractivity contribution in [1.29, 1.82) is 0 Å². The van der Waals surface area contributed by atoms with Gasteiger partial charge in [-0.2, -0.15) is 0 Å². The van der Waals surface area contributed by atoms with E-state index < -0.39 is 0 Å². The summed E-state index contributed by atoms with van der Waals surface area (Å²) in [5, 5.41) is 0. The van der Waals surface area contributed by atoms with E-state index in [9.17, 15) is 0 Å². The first kappa shape index (κ1) is 12.7. The highest BCUT2D eigenvalue weighted by atomic mass is 79.9. The number of rotatable bonds is 2. The summed E-state index contributed by atoms with van der Waals surface area (Å²) in [5.74, 6) is 1.84. The summed E-state index contributed by atoms with van der Waals surface area (Å²) in [6.07, 6.45) is 0. The molecule has 0 radical (unpaired) electrons. The fourth-order valence-electron chi connectivity index (χ4n) is 2.49. The number of fused-ring (bicyclic) bond motifs is 1. The van der Waals surface area contributed by atoms with Gasteiger partial charge in [0.1, 0.15) is 16.2 Å². The maximum Gasteiger partial charge on any atom is 0.145 e. The molecule has 4 nitrogen and oxygen atoms in total. The van der Waals surface area contributed by atoms with Crippen LogP contribution in [0.3, 0.4) is 0 Å². The largest absolute Gasteiger partial charge is 0.496 e. The van der Waals surface area contributed by atoms with Crippen molar-refractivity contribution in [1.82, 2.24) is 14.5 Å². The standard InChI is InChI=1S/C14H16BrN3O/c1-17-7-8-18-11(9-17)13(15)16-14(18)10-5-3-4-6-12(10)19-2/h3-6H,7-9H2,1-2H3. The average Bonchev–Trinajstić information content (AvgIpc) is 2.75. The van der Waals surface area contributed by atoms with Gasteiger partial charge in [-0.05, 0) is 35.1 Å². The molecule has 0 aliphatic carbocycles. The first-order chi connectivity index (χ1) is 9.20. The van der Waals surface area contributed by atoms with Gasteiger partial charge < -0.3 is 9.30 Å². The van der Waals surface area contributed by atoms with E-state index in [-0.39, 0.29) is 0 Å². The van der Waals surface area contributed by atoms with Crippen LogP contribution >= 0.6 is 15.9 Å². The van der Waals surface area contributed by atoms with Gasteiger partial charge in [-0.15, -0.1) is 0 Å². The van der Waals surface area contributed by atoms with E-state index in [0.29, 0.717) is 0 Å². The minimum atomic E-state index is 0.863. The van der Waals surface area contributed by atoms with Gasteiger partial charge in [-0.3, -0.25) is 4.90 Å². The Kier molecular flexibility index (Phi) is 3.33. The highest BCUT2D eigenvalue weighted by Gasteiger charge is 2.23. The number of benzene rings is 1. The van der Waals surface area contributed by atoms with Crippen LogP contribution in [0.2, 0.25) is 0 Å². The van der Waals surface area contributed by atoms with Gasteiger partial charge in [0, 0.05) is 19.6 Å². The van der Waals surface area contributed by atoms with Gasteiger partial charge in [-0.25, -0.2) is 4.98 Å². The summed E-state index contributed by atoms with van der Waals surface area (Å²) in [5.41, 5.74) is 2.27. The Morgan fingerprint density at radius 2 is 2.05 bits per heavy atom. The third-order valence-electron chi connectivity index (χ3n) is 3.50. The molecule has 0 spiro atoms. The molecule has 0 amide bonds. The minimum Gasteiger partial charge on any atom is -0.496 e. The van der Waals surface area contributed by atoms with Crippen LogP contribution in [0.4, 0.5) is 0 Å². The SMILES string of the molecule is COc1ccccc1-c1nc(Br)c2n1CCN(C)C2. The molecule has 0 unspecified atom stereocenters. The van der Waals surface area contributed by atoms with Crippen LogP contribution in [0, 0.1) is 0 Å². The predicted octanol–water partition coefficient (Wildman–Crippen LogP) is 2.77. The molecule has 1 aromatic carbocycles. The average molecular weight is 322 g/mol. The van der Waals surface area contributed by atoms with E-state index in [2.05, 4.69) is 43.5 Å². The molecule has 2 aromatic rings. The molecule has 5 heteroatoms. The number of likely N-dealkylation sites (N-methyl/N-ethyl adjacent to an activating group) is 1. The molecular formula is C14H16BrN3O. The van der Waals surface area contributed by atoms with Crippen molar-refractivity contribution >= 4 is 15.9 Å². The zero-order valence-corrected chi connectivity index (χ0v) is 12.6. The summed E-state index contributed by atoms with van der Waals surface area (Å²) in [6.45, 7) is 2.92. The van der Waals surface area contributed by atoms with Gasteiger partial charge in [0.2, 0.25) is 0 Å². The second-order valence-corrected chi connectivity index (χ2v) is 5.51. The second-order valence-electron chi connectivity index (χ2n) is 4.76. The molecular weight excluding hydrogens is 306 g/mol. The molecule has 3 rings (SSSR count). The number of imidazole rings is 1. The highest BCUT2D eigenvalue weighted by Crippen LogP contribution is 2.33. The molecule has 2 heterocycles. The smallest absolute Gasteiger partial charge is 0.145 e. The number of hydrogen-bond acceptors (Lipinski definition) is 3. The maximum absolute atomic E-state index is 5.44. The van der Waals surface area contributed by atoms with Gasteiger partial charge in [0.25, 0.3) is 0 Å². The molecule has 100 valence electrons. The number of aromatic nitrogens is 2. The normalized spacial score (nSPS) is 15.3. The Labute approximate surface area is 121 Å². The van der Waals surface area contributed by atoms with Crippen molar-refractivity contribution in [2.24, 2.45) is 0 Å². The quantitative estimate of drug-likeness (QED) is 0.852. The van der Waals surface area contributed by atoms with Crippen molar-refractivity contribution in [3.05, 3.63) is 34.6 Å². The van der Waals surface area contributed by atoms with E-state index in [1.807, 2.05) is 18.2 Å². The molecule has 0 atom stereocenters. The van der Waals surface area contributed by atoms with Crippen LogP contribution < -0.4 is 4.74 Å². The number of ether oxygens (including phenoxy) is 1. The number of hydrogen-bond donors (Lipinski definition) is 0. The van der Waals surface area contributed by atoms with Crippen molar-refractivity contribution in [2.45, 2.75) is 13.1 Å². The van der Waals surface area contributed by atoms with Crippen molar-refractivity contribution < 1.29 is 4.74 Å². The maximum atomic E-state index is 5.44. The van der Waals surface area contributed by atoms with Crippen LogP contribution in [0.25, 0.3) is 11.4 Å². The van der Waals surface area contributed by atoms with Crippen LogP contribution in [0.15, 0.2) is 28.9 Å². The summed E-state index contributed by atoms with van der Waals surface area (Å²) >= 11 is 3.57. The third kappa shape index (κ3) is 2.17. The topological polar surface area (TPSA) is 30.3 Å². The molecule has 0 saturated heterocycles. The van der Waals surface area contributed by atoms with Crippen LogP contribution in [0.5, 0.6) is 5.75 Å². The summed E-state index contributed by atoms with van der Waals surface area (Å²) in [4.78, 5) is 6.98. The third-order valence-corrected chi connectivity index (χ3v) is 4.13. The monoisotopic (exact) mass is 321 g/mol. The predicted molar refractivity (Wildman–Crippen MR) is 78.2 cm³/mol.